The molecule has 0 amide bonds. The standard InChI is InChI=1S/C9H16N2/c1-5-11-7-9(6-10-4)8(2)3/h5-8H,1-4H3/b9-7+,10-6?,11-5?. The lowest BCUT2D eigenvalue weighted by atomic mass is 10.1. The summed E-state index contributed by atoms with van der Waals surface area (Å²) in [5, 5.41) is 0. The molecule has 0 aromatic heterocycles. The molecule has 0 atom stereocenters. The molecule has 11 heavy (non-hydrogen) atoms. The van der Waals surface area contributed by atoms with E-state index in [0.717, 1.165) is 5.57 Å². The van der Waals surface area contributed by atoms with Crippen molar-refractivity contribution in [2.45, 2.75) is 20.8 Å². The van der Waals surface area contributed by atoms with Crippen LogP contribution in [0.25, 0.3) is 0 Å². The molecule has 62 valence electrons. The lowest BCUT2D eigenvalue weighted by Crippen LogP contribution is -1.94. The number of hydrogen-bond donors (Lipinski definition) is 0. The molecule has 0 aliphatic heterocycles. The number of allylic oxidation sites excluding steroid dienone is 1. The van der Waals surface area contributed by atoms with Gasteiger partial charge in [0.15, 0.2) is 0 Å². The van der Waals surface area contributed by atoms with Crippen molar-refractivity contribution in [3.63, 3.8) is 0 Å². The normalized spacial score (nSPS) is 14.1. The first-order valence-corrected chi connectivity index (χ1v) is 3.82. The molecule has 0 heterocycles. The Hall–Kier alpha value is -0.920. The van der Waals surface area contributed by atoms with Crippen molar-refractivity contribution in [1.82, 2.24) is 0 Å². The topological polar surface area (TPSA) is 24.7 Å². The quantitative estimate of drug-likeness (QED) is 0.554. The van der Waals surface area contributed by atoms with Crippen LogP contribution in [0.2, 0.25) is 0 Å². The molecule has 0 aliphatic carbocycles. The minimum Gasteiger partial charge on any atom is -0.296 e. The van der Waals surface area contributed by atoms with Crippen LogP contribution in [0.3, 0.4) is 0 Å². The third-order valence-electron chi connectivity index (χ3n) is 1.32. The van der Waals surface area contributed by atoms with E-state index >= 15 is 0 Å². The molecule has 0 bridgehead atoms. The number of rotatable bonds is 3. The predicted octanol–water partition coefficient (Wildman–Crippen LogP) is 2.32. The highest BCUT2D eigenvalue weighted by molar-refractivity contribution is 5.79. The average molecular weight is 152 g/mol. The van der Waals surface area contributed by atoms with Crippen LogP contribution >= 0.6 is 0 Å². The van der Waals surface area contributed by atoms with Crippen LogP contribution in [-0.2, 0) is 0 Å². The van der Waals surface area contributed by atoms with Crippen LogP contribution in [0.4, 0.5) is 0 Å². The second-order valence-electron chi connectivity index (χ2n) is 2.58. The van der Waals surface area contributed by atoms with Crippen molar-refractivity contribution in [3.8, 4) is 0 Å². The first-order chi connectivity index (χ1) is 5.22. The fourth-order valence-corrected chi connectivity index (χ4v) is 0.641. The van der Waals surface area contributed by atoms with Gasteiger partial charge in [0.05, 0.1) is 0 Å². The van der Waals surface area contributed by atoms with Crippen molar-refractivity contribution in [3.05, 3.63) is 11.8 Å². The van der Waals surface area contributed by atoms with Gasteiger partial charge in [0, 0.05) is 25.7 Å². The van der Waals surface area contributed by atoms with Gasteiger partial charge in [-0.05, 0) is 18.4 Å². The summed E-state index contributed by atoms with van der Waals surface area (Å²) in [7, 11) is 1.77. The van der Waals surface area contributed by atoms with E-state index in [9.17, 15) is 0 Å². The van der Waals surface area contributed by atoms with Gasteiger partial charge in [-0.25, -0.2) is 0 Å². The highest BCUT2D eigenvalue weighted by atomic mass is 14.7. The molecule has 0 spiro atoms. The highest BCUT2D eigenvalue weighted by Crippen LogP contribution is 2.06. The van der Waals surface area contributed by atoms with Gasteiger partial charge >= 0.3 is 0 Å². The summed E-state index contributed by atoms with van der Waals surface area (Å²) in [6, 6.07) is 0. The van der Waals surface area contributed by atoms with Gasteiger partial charge in [-0.3, -0.25) is 9.98 Å². The molecule has 0 aromatic carbocycles. The van der Waals surface area contributed by atoms with E-state index in [1.807, 2.05) is 19.3 Å². The highest BCUT2D eigenvalue weighted by Gasteiger charge is 1.97. The van der Waals surface area contributed by atoms with Crippen LogP contribution in [0.5, 0.6) is 0 Å². The molecule has 0 unspecified atom stereocenters. The number of hydrogen-bond acceptors (Lipinski definition) is 2. The zero-order chi connectivity index (χ0) is 8.69. The Bertz CT molecular complexity index is 176. The van der Waals surface area contributed by atoms with Crippen LogP contribution in [-0.4, -0.2) is 19.5 Å². The molecular formula is C9H16N2. The maximum atomic E-state index is 4.03. The maximum Gasteiger partial charge on any atom is 0.0313 e. The molecule has 2 nitrogen and oxygen atoms in total. The number of nitrogens with zero attached hydrogens (tertiary/aromatic N) is 2. The third-order valence-corrected chi connectivity index (χ3v) is 1.32. The van der Waals surface area contributed by atoms with E-state index in [2.05, 4.69) is 23.8 Å². The lowest BCUT2D eigenvalue weighted by molar-refractivity contribution is 0.803. The lowest BCUT2D eigenvalue weighted by Gasteiger charge is -2.02. The molecule has 0 radical (unpaired) electrons. The molecule has 0 saturated carbocycles. The minimum atomic E-state index is 0.488. The monoisotopic (exact) mass is 152 g/mol. The van der Waals surface area contributed by atoms with Gasteiger partial charge in [0.1, 0.15) is 0 Å². The molecule has 0 fully saturated rings. The van der Waals surface area contributed by atoms with Crippen molar-refractivity contribution >= 4 is 12.4 Å². The second-order valence-corrected chi connectivity index (χ2v) is 2.58. The van der Waals surface area contributed by atoms with E-state index < -0.39 is 0 Å². The van der Waals surface area contributed by atoms with E-state index in [1.54, 1.807) is 13.3 Å². The Balaban J connectivity index is 4.32. The van der Waals surface area contributed by atoms with Crippen molar-refractivity contribution < 1.29 is 0 Å². The second kappa shape index (κ2) is 5.83. The smallest absolute Gasteiger partial charge is 0.0313 e. The molecule has 0 aromatic rings. The molecule has 0 N–H and O–H groups in total. The predicted molar refractivity (Wildman–Crippen MR) is 51.5 cm³/mol. The van der Waals surface area contributed by atoms with E-state index in [1.165, 1.54) is 0 Å². The van der Waals surface area contributed by atoms with Gasteiger partial charge in [-0.1, -0.05) is 13.8 Å². The zero-order valence-electron chi connectivity index (χ0n) is 7.70. The van der Waals surface area contributed by atoms with Crippen LogP contribution < -0.4 is 0 Å². The fourth-order valence-electron chi connectivity index (χ4n) is 0.641. The minimum absolute atomic E-state index is 0.488. The molecular weight excluding hydrogens is 136 g/mol. The van der Waals surface area contributed by atoms with Gasteiger partial charge in [0.2, 0.25) is 0 Å². The summed E-state index contributed by atoms with van der Waals surface area (Å²) in [5.74, 6) is 0.488. The first kappa shape index (κ1) is 10.1. The largest absolute Gasteiger partial charge is 0.296 e. The zero-order valence-corrected chi connectivity index (χ0v) is 7.70. The summed E-state index contributed by atoms with van der Waals surface area (Å²) >= 11 is 0. The van der Waals surface area contributed by atoms with Crippen LogP contribution in [0.15, 0.2) is 21.8 Å². The Morgan fingerprint density at radius 2 is 2.00 bits per heavy atom. The van der Waals surface area contributed by atoms with Gasteiger partial charge in [-0.15, -0.1) is 0 Å². The van der Waals surface area contributed by atoms with Crippen molar-refractivity contribution in [1.29, 1.82) is 0 Å². The molecule has 2 heteroatoms. The third kappa shape index (κ3) is 4.48. The molecule has 0 rings (SSSR count). The van der Waals surface area contributed by atoms with Gasteiger partial charge < -0.3 is 0 Å². The van der Waals surface area contributed by atoms with Gasteiger partial charge in [0.25, 0.3) is 0 Å². The maximum absolute atomic E-state index is 4.03. The van der Waals surface area contributed by atoms with E-state index in [0.29, 0.717) is 5.92 Å². The molecule has 0 aliphatic rings. The number of aliphatic imine (C=N–C) groups is 2. The summed E-state index contributed by atoms with van der Waals surface area (Å²) in [6.07, 6.45) is 5.46. The van der Waals surface area contributed by atoms with Crippen LogP contribution in [0, 0.1) is 5.92 Å². The van der Waals surface area contributed by atoms with E-state index in [-0.39, 0.29) is 0 Å². The Labute approximate surface area is 68.8 Å². The Kier molecular flexibility index (Phi) is 5.35. The SMILES string of the molecule is CC=N/C=C(\C=NC)C(C)C. The van der Waals surface area contributed by atoms with Crippen molar-refractivity contribution in [2.75, 3.05) is 7.05 Å². The molecule has 0 saturated heterocycles. The summed E-state index contributed by atoms with van der Waals surface area (Å²) in [4.78, 5) is 7.98. The van der Waals surface area contributed by atoms with E-state index in [4.69, 9.17) is 0 Å². The Morgan fingerprint density at radius 3 is 2.36 bits per heavy atom. The van der Waals surface area contributed by atoms with Crippen LogP contribution in [0.1, 0.15) is 20.8 Å². The Morgan fingerprint density at radius 1 is 1.36 bits per heavy atom. The van der Waals surface area contributed by atoms with Gasteiger partial charge in [-0.2, -0.15) is 0 Å². The summed E-state index contributed by atoms with van der Waals surface area (Å²) in [5.41, 5.74) is 1.16. The summed E-state index contributed by atoms with van der Waals surface area (Å²) in [6.45, 7) is 6.15. The summed E-state index contributed by atoms with van der Waals surface area (Å²) < 4.78 is 0. The fraction of sp³-hybridized carbons (Fsp3) is 0.556. The average Bonchev–Trinajstić information content (AvgIpc) is 1.97. The first-order valence-electron chi connectivity index (χ1n) is 3.82. The van der Waals surface area contributed by atoms with Crippen molar-refractivity contribution in [2.24, 2.45) is 15.9 Å².